The SMILES string of the molecule is CC(C(N)=O)C(N)c1nc2c(Cl)c(-c3ccc(C#N)cc3)ccc2[nH]1. The lowest BCUT2D eigenvalue weighted by molar-refractivity contribution is -0.121. The van der Waals surface area contributed by atoms with E-state index in [1.54, 1.807) is 19.1 Å². The van der Waals surface area contributed by atoms with E-state index in [-0.39, 0.29) is 0 Å². The summed E-state index contributed by atoms with van der Waals surface area (Å²) in [5, 5.41) is 9.37. The van der Waals surface area contributed by atoms with Crippen molar-refractivity contribution in [2.75, 3.05) is 0 Å². The van der Waals surface area contributed by atoms with Gasteiger partial charge in [-0.3, -0.25) is 4.79 Å². The number of carbonyl (C=O) groups is 1. The Balaban J connectivity index is 2.05. The molecule has 3 rings (SSSR count). The molecule has 3 aromatic rings. The minimum atomic E-state index is -0.640. The van der Waals surface area contributed by atoms with E-state index < -0.39 is 17.9 Å². The van der Waals surface area contributed by atoms with Gasteiger partial charge < -0.3 is 16.5 Å². The number of primary amides is 1. The first kappa shape index (κ1) is 17.0. The van der Waals surface area contributed by atoms with Crippen LogP contribution in [-0.4, -0.2) is 15.9 Å². The van der Waals surface area contributed by atoms with Crippen molar-refractivity contribution >= 4 is 28.5 Å². The first-order valence-corrected chi connectivity index (χ1v) is 8.03. The first-order chi connectivity index (χ1) is 11.9. The van der Waals surface area contributed by atoms with E-state index in [4.69, 9.17) is 28.3 Å². The zero-order chi connectivity index (χ0) is 18.1. The molecule has 1 aromatic heterocycles. The van der Waals surface area contributed by atoms with E-state index in [1.807, 2.05) is 24.3 Å². The number of halogens is 1. The van der Waals surface area contributed by atoms with Gasteiger partial charge in [-0.25, -0.2) is 4.98 Å². The maximum absolute atomic E-state index is 11.3. The number of nitrogens with one attached hydrogen (secondary N) is 1. The quantitative estimate of drug-likeness (QED) is 0.667. The standard InChI is InChI=1S/C18H16ClN5O/c1-9(17(22)25)15(21)18-23-13-7-6-12(14(19)16(13)24-18)11-4-2-10(8-20)3-5-11/h2-7,9,15H,21H2,1H3,(H2,22,25)(H,23,24). The molecule has 1 amide bonds. The summed E-state index contributed by atoms with van der Waals surface area (Å²) in [7, 11) is 0. The number of aromatic nitrogens is 2. The molecule has 0 aliphatic rings. The van der Waals surface area contributed by atoms with Crippen LogP contribution in [0.3, 0.4) is 0 Å². The highest BCUT2D eigenvalue weighted by molar-refractivity contribution is 6.37. The van der Waals surface area contributed by atoms with Crippen molar-refractivity contribution in [2.45, 2.75) is 13.0 Å². The summed E-state index contributed by atoms with van der Waals surface area (Å²) in [5.41, 5.74) is 14.9. The predicted molar refractivity (Wildman–Crippen MR) is 96.5 cm³/mol. The van der Waals surface area contributed by atoms with Crippen LogP contribution in [0.1, 0.15) is 24.4 Å². The number of H-pyrrole nitrogens is 1. The minimum absolute atomic E-state index is 0.458. The van der Waals surface area contributed by atoms with Crippen LogP contribution in [0, 0.1) is 17.2 Å². The lowest BCUT2D eigenvalue weighted by Crippen LogP contribution is -2.31. The molecule has 25 heavy (non-hydrogen) atoms. The fourth-order valence-corrected chi connectivity index (χ4v) is 2.90. The zero-order valence-corrected chi connectivity index (χ0v) is 14.2. The Morgan fingerprint density at radius 3 is 2.56 bits per heavy atom. The fourth-order valence-electron chi connectivity index (χ4n) is 2.58. The van der Waals surface area contributed by atoms with Gasteiger partial charge in [0.1, 0.15) is 11.3 Å². The summed E-state index contributed by atoms with van der Waals surface area (Å²) in [6, 6.07) is 12.3. The molecule has 0 aliphatic heterocycles. The molecule has 6 nitrogen and oxygen atoms in total. The number of nitrogens with zero attached hydrogens (tertiary/aromatic N) is 2. The second kappa shape index (κ2) is 6.55. The Morgan fingerprint density at radius 2 is 1.96 bits per heavy atom. The maximum Gasteiger partial charge on any atom is 0.222 e. The third kappa shape index (κ3) is 3.07. The van der Waals surface area contributed by atoms with Crippen LogP contribution in [-0.2, 0) is 4.79 Å². The van der Waals surface area contributed by atoms with Crippen LogP contribution < -0.4 is 11.5 Å². The summed E-state index contributed by atoms with van der Waals surface area (Å²) >= 11 is 6.53. The van der Waals surface area contributed by atoms with Gasteiger partial charge in [-0.1, -0.05) is 36.7 Å². The van der Waals surface area contributed by atoms with Crippen LogP contribution >= 0.6 is 11.6 Å². The van der Waals surface area contributed by atoms with Crippen molar-refractivity contribution in [2.24, 2.45) is 17.4 Å². The monoisotopic (exact) mass is 353 g/mol. The van der Waals surface area contributed by atoms with Crippen molar-refractivity contribution in [3.05, 3.63) is 52.8 Å². The molecule has 126 valence electrons. The van der Waals surface area contributed by atoms with Gasteiger partial charge in [0, 0.05) is 5.56 Å². The molecule has 2 atom stereocenters. The van der Waals surface area contributed by atoms with Gasteiger partial charge in [-0.2, -0.15) is 5.26 Å². The third-order valence-corrected chi connectivity index (χ3v) is 4.62. The largest absolute Gasteiger partial charge is 0.369 e. The Morgan fingerprint density at radius 1 is 1.28 bits per heavy atom. The van der Waals surface area contributed by atoms with Gasteiger partial charge in [-0.05, 0) is 23.8 Å². The average Bonchev–Trinajstić information content (AvgIpc) is 3.06. The van der Waals surface area contributed by atoms with E-state index in [2.05, 4.69) is 16.0 Å². The molecule has 5 N–H and O–H groups in total. The molecule has 2 aromatic carbocycles. The van der Waals surface area contributed by atoms with Gasteiger partial charge in [0.05, 0.1) is 34.1 Å². The maximum atomic E-state index is 11.3. The highest BCUT2D eigenvalue weighted by Crippen LogP contribution is 2.34. The summed E-state index contributed by atoms with van der Waals surface area (Å²) in [4.78, 5) is 18.9. The number of nitriles is 1. The van der Waals surface area contributed by atoms with Gasteiger partial charge in [0.25, 0.3) is 0 Å². The first-order valence-electron chi connectivity index (χ1n) is 7.66. The number of nitrogens with two attached hydrogens (primary N) is 2. The smallest absolute Gasteiger partial charge is 0.222 e. The molecular formula is C18H16ClN5O. The molecule has 0 aliphatic carbocycles. The average molecular weight is 354 g/mol. The Bertz CT molecular complexity index is 987. The van der Waals surface area contributed by atoms with Crippen LogP contribution in [0.25, 0.3) is 22.2 Å². The topological polar surface area (TPSA) is 122 Å². The molecule has 0 spiro atoms. The normalized spacial score (nSPS) is 13.4. The number of amides is 1. The van der Waals surface area contributed by atoms with Crippen LogP contribution in [0.5, 0.6) is 0 Å². The number of benzene rings is 2. The van der Waals surface area contributed by atoms with Gasteiger partial charge in [0.2, 0.25) is 5.91 Å². The molecule has 0 radical (unpaired) electrons. The van der Waals surface area contributed by atoms with Crippen molar-refractivity contribution in [3.8, 4) is 17.2 Å². The summed E-state index contributed by atoms with van der Waals surface area (Å²) in [5.74, 6) is -0.588. The summed E-state index contributed by atoms with van der Waals surface area (Å²) in [6.45, 7) is 1.66. The molecule has 1 heterocycles. The van der Waals surface area contributed by atoms with Crippen molar-refractivity contribution in [1.82, 2.24) is 9.97 Å². The number of hydrogen-bond acceptors (Lipinski definition) is 4. The Hall–Kier alpha value is -2.88. The molecular weight excluding hydrogens is 338 g/mol. The molecule has 0 bridgehead atoms. The van der Waals surface area contributed by atoms with E-state index in [0.717, 1.165) is 16.6 Å². The zero-order valence-electron chi connectivity index (χ0n) is 13.5. The van der Waals surface area contributed by atoms with Crippen LogP contribution in [0.4, 0.5) is 0 Å². The molecule has 0 saturated carbocycles. The Labute approximate surface area is 149 Å². The van der Waals surface area contributed by atoms with Crippen LogP contribution in [0.15, 0.2) is 36.4 Å². The van der Waals surface area contributed by atoms with Crippen molar-refractivity contribution < 1.29 is 4.79 Å². The Kier molecular flexibility index (Phi) is 4.45. The minimum Gasteiger partial charge on any atom is -0.369 e. The fraction of sp³-hybridized carbons (Fsp3) is 0.167. The van der Waals surface area contributed by atoms with Gasteiger partial charge >= 0.3 is 0 Å². The molecule has 0 fully saturated rings. The highest BCUT2D eigenvalue weighted by Gasteiger charge is 2.23. The van der Waals surface area contributed by atoms with E-state index in [1.165, 1.54) is 0 Å². The number of fused-ring (bicyclic) bond motifs is 1. The summed E-state index contributed by atoms with van der Waals surface area (Å²) < 4.78 is 0. The second-order valence-corrected chi connectivity index (χ2v) is 6.23. The number of imidazole rings is 1. The molecule has 0 saturated heterocycles. The second-order valence-electron chi connectivity index (χ2n) is 5.85. The number of aromatic amines is 1. The van der Waals surface area contributed by atoms with Crippen molar-refractivity contribution in [1.29, 1.82) is 5.26 Å². The van der Waals surface area contributed by atoms with Crippen molar-refractivity contribution in [3.63, 3.8) is 0 Å². The lowest BCUT2D eigenvalue weighted by atomic mass is 10.0. The summed E-state index contributed by atoms with van der Waals surface area (Å²) in [6.07, 6.45) is 0. The number of rotatable bonds is 4. The lowest BCUT2D eigenvalue weighted by Gasteiger charge is -2.13. The van der Waals surface area contributed by atoms with Crippen LogP contribution in [0.2, 0.25) is 5.02 Å². The van der Waals surface area contributed by atoms with E-state index in [9.17, 15) is 4.79 Å². The predicted octanol–water partition coefficient (Wildman–Crippen LogP) is 2.88. The van der Waals surface area contributed by atoms with Gasteiger partial charge in [0.15, 0.2) is 0 Å². The van der Waals surface area contributed by atoms with Gasteiger partial charge in [-0.15, -0.1) is 0 Å². The third-order valence-electron chi connectivity index (χ3n) is 4.24. The number of carbonyl (C=O) groups excluding carboxylic acids is 1. The molecule has 2 unspecified atom stereocenters. The van der Waals surface area contributed by atoms with E-state index in [0.29, 0.717) is 21.9 Å². The highest BCUT2D eigenvalue weighted by atomic mass is 35.5. The van der Waals surface area contributed by atoms with E-state index >= 15 is 0 Å². The number of hydrogen-bond donors (Lipinski definition) is 3. The molecule has 7 heteroatoms.